The fourth-order valence-corrected chi connectivity index (χ4v) is 3.69. The highest BCUT2D eigenvalue weighted by Crippen LogP contribution is 2.25. The van der Waals surface area contributed by atoms with Gasteiger partial charge < -0.3 is 5.32 Å². The standard InChI is InChI=1S/C22H19ClN4O2/c1-13-17(12-24-26-13)21(28)25-14(2)19-11-15-7-6-10-18(23)20(15)22(29)27(19)16-8-4-3-5-9-16/h3-12,14H,1-2H3,(H,24,26)(H,25,28)/t14-/m0/s1. The fourth-order valence-electron chi connectivity index (χ4n) is 3.43. The number of nitrogens with zero attached hydrogens (tertiary/aromatic N) is 2. The van der Waals surface area contributed by atoms with Crippen molar-refractivity contribution in [2.24, 2.45) is 0 Å². The molecule has 0 spiro atoms. The zero-order valence-corrected chi connectivity index (χ0v) is 16.7. The number of aromatic amines is 1. The molecule has 4 aromatic rings. The highest BCUT2D eigenvalue weighted by atomic mass is 35.5. The number of halogens is 1. The topological polar surface area (TPSA) is 79.8 Å². The third-order valence-corrected chi connectivity index (χ3v) is 5.22. The van der Waals surface area contributed by atoms with Crippen molar-refractivity contribution in [1.29, 1.82) is 0 Å². The molecular formula is C22H19ClN4O2. The number of hydrogen-bond donors (Lipinski definition) is 2. The van der Waals surface area contributed by atoms with Gasteiger partial charge in [0.1, 0.15) is 0 Å². The summed E-state index contributed by atoms with van der Waals surface area (Å²) in [6.07, 6.45) is 1.49. The smallest absolute Gasteiger partial charge is 0.264 e. The van der Waals surface area contributed by atoms with Crippen LogP contribution in [0, 0.1) is 6.92 Å². The van der Waals surface area contributed by atoms with Gasteiger partial charge in [-0.05, 0) is 43.5 Å². The van der Waals surface area contributed by atoms with Gasteiger partial charge in [-0.2, -0.15) is 5.10 Å². The number of carbonyl (C=O) groups excluding carboxylic acids is 1. The Hall–Kier alpha value is -3.38. The molecule has 7 heteroatoms. The number of nitrogens with one attached hydrogen (secondary N) is 2. The molecule has 0 saturated carbocycles. The number of carbonyl (C=O) groups is 1. The van der Waals surface area contributed by atoms with E-state index in [9.17, 15) is 9.59 Å². The van der Waals surface area contributed by atoms with Crippen LogP contribution in [0.15, 0.2) is 65.6 Å². The van der Waals surface area contributed by atoms with Gasteiger partial charge in [0.15, 0.2) is 0 Å². The van der Waals surface area contributed by atoms with E-state index < -0.39 is 6.04 Å². The number of benzene rings is 2. The van der Waals surface area contributed by atoms with Gasteiger partial charge in [0.25, 0.3) is 11.5 Å². The molecule has 0 aliphatic rings. The van der Waals surface area contributed by atoms with Crippen molar-refractivity contribution in [3.05, 3.63) is 93.1 Å². The first-order valence-electron chi connectivity index (χ1n) is 9.18. The first kappa shape index (κ1) is 19.0. The summed E-state index contributed by atoms with van der Waals surface area (Å²) < 4.78 is 1.60. The Balaban J connectivity index is 1.88. The average Bonchev–Trinajstić information content (AvgIpc) is 3.14. The minimum absolute atomic E-state index is 0.227. The van der Waals surface area contributed by atoms with E-state index in [1.165, 1.54) is 6.20 Å². The van der Waals surface area contributed by atoms with Gasteiger partial charge in [0, 0.05) is 17.1 Å². The Labute approximate surface area is 172 Å². The monoisotopic (exact) mass is 406 g/mol. The summed E-state index contributed by atoms with van der Waals surface area (Å²) in [6.45, 7) is 3.63. The van der Waals surface area contributed by atoms with Crippen molar-refractivity contribution in [2.45, 2.75) is 19.9 Å². The normalized spacial score (nSPS) is 12.1. The Morgan fingerprint density at radius 3 is 2.62 bits per heavy atom. The molecule has 2 heterocycles. The van der Waals surface area contributed by atoms with Crippen LogP contribution in [-0.2, 0) is 0 Å². The predicted octanol–water partition coefficient (Wildman–Crippen LogP) is 4.17. The van der Waals surface area contributed by atoms with Crippen molar-refractivity contribution in [1.82, 2.24) is 20.1 Å². The van der Waals surface area contributed by atoms with Gasteiger partial charge >= 0.3 is 0 Å². The second kappa shape index (κ2) is 7.56. The number of aryl methyl sites for hydroxylation is 1. The lowest BCUT2D eigenvalue weighted by molar-refractivity contribution is 0.0938. The van der Waals surface area contributed by atoms with Crippen molar-refractivity contribution >= 4 is 28.3 Å². The van der Waals surface area contributed by atoms with Crippen LogP contribution in [0.1, 0.15) is 34.7 Å². The second-order valence-electron chi connectivity index (χ2n) is 6.85. The number of hydrogen-bond acceptors (Lipinski definition) is 3. The van der Waals surface area contributed by atoms with E-state index in [1.807, 2.05) is 49.4 Å². The summed E-state index contributed by atoms with van der Waals surface area (Å²) in [5, 5.41) is 11.2. The zero-order valence-electron chi connectivity index (χ0n) is 15.9. The summed E-state index contributed by atoms with van der Waals surface area (Å²) in [5.74, 6) is -0.262. The minimum atomic E-state index is -0.437. The molecule has 146 valence electrons. The van der Waals surface area contributed by atoms with E-state index in [-0.39, 0.29) is 11.5 Å². The number of amides is 1. The average molecular weight is 407 g/mol. The van der Waals surface area contributed by atoms with Crippen molar-refractivity contribution in [3.8, 4) is 5.69 Å². The first-order chi connectivity index (χ1) is 14.0. The van der Waals surface area contributed by atoms with Crippen LogP contribution >= 0.6 is 11.6 Å². The maximum absolute atomic E-state index is 13.4. The molecule has 0 bridgehead atoms. The van der Waals surface area contributed by atoms with Crippen LogP contribution in [0.3, 0.4) is 0 Å². The first-order valence-corrected chi connectivity index (χ1v) is 9.55. The van der Waals surface area contributed by atoms with Crippen molar-refractivity contribution in [3.63, 3.8) is 0 Å². The molecule has 2 N–H and O–H groups in total. The molecule has 2 aromatic heterocycles. The molecule has 4 rings (SSSR count). The maximum Gasteiger partial charge on any atom is 0.264 e. The lowest BCUT2D eigenvalue weighted by Gasteiger charge is -2.21. The van der Waals surface area contributed by atoms with Gasteiger partial charge in [-0.1, -0.05) is 41.9 Å². The molecule has 29 heavy (non-hydrogen) atoms. The van der Waals surface area contributed by atoms with Crippen LogP contribution in [0.2, 0.25) is 5.02 Å². The number of pyridine rings is 1. The number of para-hydroxylation sites is 1. The lowest BCUT2D eigenvalue weighted by atomic mass is 10.1. The van der Waals surface area contributed by atoms with E-state index in [0.29, 0.717) is 33.0 Å². The molecule has 0 unspecified atom stereocenters. The molecule has 1 amide bonds. The predicted molar refractivity (Wildman–Crippen MR) is 114 cm³/mol. The number of fused-ring (bicyclic) bond motifs is 1. The molecule has 2 aromatic carbocycles. The summed E-state index contributed by atoms with van der Waals surface area (Å²) in [5.41, 5.74) is 2.28. The molecule has 1 atom stereocenters. The summed E-state index contributed by atoms with van der Waals surface area (Å²) in [4.78, 5) is 26.1. The zero-order chi connectivity index (χ0) is 20.5. The molecular weight excluding hydrogens is 388 g/mol. The number of aromatic nitrogens is 3. The van der Waals surface area contributed by atoms with Gasteiger partial charge in [-0.3, -0.25) is 19.3 Å². The fraction of sp³-hybridized carbons (Fsp3) is 0.136. The van der Waals surface area contributed by atoms with Crippen LogP contribution in [0.4, 0.5) is 0 Å². The molecule has 0 radical (unpaired) electrons. The number of H-pyrrole nitrogens is 1. The summed E-state index contributed by atoms with van der Waals surface area (Å²) in [7, 11) is 0. The van der Waals surface area contributed by atoms with Crippen molar-refractivity contribution in [2.75, 3.05) is 0 Å². The van der Waals surface area contributed by atoms with E-state index >= 15 is 0 Å². The minimum Gasteiger partial charge on any atom is -0.344 e. The molecule has 0 saturated heterocycles. The van der Waals surface area contributed by atoms with Gasteiger partial charge in [-0.25, -0.2) is 0 Å². The molecule has 6 nitrogen and oxygen atoms in total. The quantitative estimate of drug-likeness (QED) is 0.534. The lowest BCUT2D eigenvalue weighted by Crippen LogP contribution is -2.32. The highest BCUT2D eigenvalue weighted by Gasteiger charge is 2.20. The Bertz CT molecular complexity index is 1260. The van der Waals surface area contributed by atoms with Gasteiger partial charge in [0.05, 0.1) is 28.2 Å². The molecule has 0 aliphatic heterocycles. The number of rotatable bonds is 4. The maximum atomic E-state index is 13.4. The third-order valence-electron chi connectivity index (χ3n) is 4.90. The van der Waals surface area contributed by atoms with Crippen LogP contribution < -0.4 is 10.9 Å². The van der Waals surface area contributed by atoms with Crippen LogP contribution in [0.25, 0.3) is 16.5 Å². The van der Waals surface area contributed by atoms with Gasteiger partial charge in [0.2, 0.25) is 0 Å². The van der Waals surface area contributed by atoms with E-state index in [1.54, 1.807) is 23.6 Å². The Morgan fingerprint density at radius 2 is 1.93 bits per heavy atom. The molecule has 0 aliphatic carbocycles. The van der Waals surface area contributed by atoms with Crippen LogP contribution in [0.5, 0.6) is 0 Å². The third kappa shape index (κ3) is 3.43. The highest BCUT2D eigenvalue weighted by molar-refractivity contribution is 6.35. The SMILES string of the molecule is Cc1[nH]ncc1C(=O)N[C@@H](C)c1cc2cccc(Cl)c2c(=O)n1-c1ccccc1. The van der Waals surface area contributed by atoms with E-state index in [2.05, 4.69) is 15.5 Å². The summed E-state index contributed by atoms with van der Waals surface area (Å²) >= 11 is 6.33. The Morgan fingerprint density at radius 1 is 1.17 bits per heavy atom. The largest absolute Gasteiger partial charge is 0.344 e. The Kier molecular flexibility index (Phi) is 4.94. The van der Waals surface area contributed by atoms with E-state index in [4.69, 9.17) is 11.6 Å². The van der Waals surface area contributed by atoms with Crippen molar-refractivity contribution < 1.29 is 4.79 Å². The molecule has 0 fully saturated rings. The second-order valence-corrected chi connectivity index (χ2v) is 7.26. The van der Waals surface area contributed by atoms with E-state index in [0.717, 1.165) is 5.39 Å². The van der Waals surface area contributed by atoms with Crippen LogP contribution in [-0.4, -0.2) is 20.7 Å². The van der Waals surface area contributed by atoms with Gasteiger partial charge in [-0.15, -0.1) is 0 Å². The summed E-state index contributed by atoms with van der Waals surface area (Å²) in [6, 6.07) is 16.1.